The largest absolute Gasteiger partial charge is 0.271 e. The van der Waals surface area contributed by atoms with Crippen LogP contribution in [0.3, 0.4) is 0 Å². The minimum atomic E-state index is -0.236. The standard InChI is InChI=1S/C12H11NO2/c1-9-2-4-10(5-3-9)8-13-11(14)6-7-12(13)15/h2-7H,8H2,1H3. The summed E-state index contributed by atoms with van der Waals surface area (Å²) in [4.78, 5) is 23.8. The quantitative estimate of drug-likeness (QED) is 0.678. The fraction of sp³-hybridized carbons (Fsp3) is 0.167. The fourth-order valence-corrected chi connectivity index (χ4v) is 1.46. The minimum absolute atomic E-state index is 0.236. The number of aryl methyl sites for hydroxylation is 1. The van der Waals surface area contributed by atoms with Crippen LogP contribution in [0.15, 0.2) is 36.4 Å². The van der Waals surface area contributed by atoms with E-state index in [0.717, 1.165) is 11.1 Å². The molecule has 2 amide bonds. The van der Waals surface area contributed by atoms with Gasteiger partial charge in [-0.3, -0.25) is 14.5 Å². The highest BCUT2D eigenvalue weighted by Crippen LogP contribution is 2.11. The zero-order valence-electron chi connectivity index (χ0n) is 8.43. The molecule has 0 fully saturated rings. The second-order valence-corrected chi connectivity index (χ2v) is 3.58. The Labute approximate surface area is 88.0 Å². The van der Waals surface area contributed by atoms with E-state index in [4.69, 9.17) is 0 Å². The summed E-state index contributed by atoms with van der Waals surface area (Å²) < 4.78 is 0. The first-order valence-electron chi connectivity index (χ1n) is 4.76. The molecule has 0 spiro atoms. The number of carbonyl (C=O) groups excluding carboxylic acids is 2. The predicted molar refractivity (Wildman–Crippen MR) is 55.9 cm³/mol. The molecule has 3 nitrogen and oxygen atoms in total. The summed E-state index contributed by atoms with van der Waals surface area (Å²) in [5.74, 6) is -0.471. The van der Waals surface area contributed by atoms with E-state index in [9.17, 15) is 9.59 Å². The van der Waals surface area contributed by atoms with Crippen LogP contribution in [0.25, 0.3) is 0 Å². The molecule has 0 saturated heterocycles. The van der Waals surface area contributed by atoms with Crippen molar-refractivity contribution in [2.45, 2.75) is 13.5 Å². The molecule has 76 valence electrons. The van der Waals surface area contributed by atoms with Gasteiger partial charge in [-0.15, -0.1) is 0 Å². The van der Waals surface area contributed by atoms with Crippen LogP contribution in [0.5, 0.6) is 0 Å². The number of benzene rings is 1. The van der Waals surface area contributed by atoms with Crippen LogP contribution in [0.2, 0.25) is 0 Å². The number of imide groups is 1. The molecule has 1 aliphatic rings. The Morgan fingerprint density at radius 2 is 1.53 bits per heavy atom. The molecule has 0 aliphatic carbocycles. The number of hydrogen-bond acceptors (Lipinski definition) is 2. The summed E-state index contributed by atoms with van der Waals surface area (Å²) >= 11 is 0. The molecule has 1 aromatic carbocycles. The van der Waals surface area contributed by atoms with Gasteiger partial charge < -0.3 is 0 Å². The van der Waals surface area contributed by atoms with E-state index >= 15 is 0 Å². The molecular weight excluding hydrogens is 190 g/mol. The maximum Gasteiger partial charge on any atom is 0.253 e. The number of rotatable bonds is 2. The summed E-state index contributed by atoms with van der Waals surface area (Å²) in [7, 11) is 0. The highest BCUT2D eigenvalue weighted by molar-refractivity contribution is 6.12. The Bertz CT molecular complexity index is 413. The zero-order chi connectivity index (χ0) is 10.8. The van der Waals surface area contributed by atoms with Crippen molar-refractivity contribution in [1.29, 1.82) is 0 Å². The van der Waals surface area contributed by atoms with Gasteiger partial charge in [-0.1, -0.05) is 29.8 Å². The van der Waals surface area contributed by atoms with E-state index in [1.165, 1.54) is 17.1 Å². The second kappa shape index (κ2) is 3.69. The van der Waals surface area contributed by atoms with Crippen LogP contribution in [0, 0.1) is 6.92 Å². The van der Waals surface area contributed by atoms with Gasteiger partial charge in [0, 0.05) is 12.2 Å². The SMILES string of the molecule is Cc1ccc(CN2C(=O)C=CC2=O)cc1. The first-order chi connectivity index (χ1) is 7.16. The fourth-order valence-electron chi connectivity index (χ4n) is 1.46. The Kier molecular flexibility index (Phi) is 2.37. The lowest BCUT2D eigenvalue weighted by Gasteiger charge is -2.13. The van der Waals surface area contributed by atoms with E-state index in [1.807, 2.05) is 31.2 Å². The Morgan fingerprint density at radius 1 is 1.00 bits per heavy atom. The van der Waals surface area contributed by atoms with Gasteiger partial charge in [0.05, 0.1) is 6.54 Å². The first-order valence-corrected chi connectivity index (χ1v) is 4.76. The Hall–Kier alpha value is -1.90. The van der Waals surface area contributed by atoms with Crippen molar-refractivity contribution in [3.8, 4) is 0 Å². The maximum atomic E-state index is 11.3. The molecule has 1 aliphatic heterocycles. The van der Waals surface area contributed by atoms with Crippen molar-refractivity contribution in [2.75, 3.05) is 0 Å². The van der Waals surface area contributed by atoms with E-state index < -0.39 is 0 Å². The van der Waals surface area contributed by atoms with Gasteiger partial charge in [0.1, 0.15) is 0 Å². The molecule has 2 rings (SSSR count). The van der Waals surface area contributed by atoms with Crippen molar-refractivity contribution >= 4 is 11.8 Å². The second-order valence-electron chi connectivity index (χ2n) is 3.58. The number of hydrogen-bond donors (Lipinski definition) is 0. The molecule has 0 saturated carbocycles. The molecule has 0 unspecified atom stereocenters. The highest BCUT2D eigenvalue weighted by atomic mass is 16.2. The van der Waals surface area contributed by atoms with Gasteiger partial charge in [-0.05, 0) is 12.5 Å². The summed E-state index contributed by atoms with van der Waals surface area (Å²) in [6.07, 6.45) is 2.60. The van der Waals surface area contributed by atoms with Gasteiger partial charge in [0.25, 0.3) is 11.8 Å². The van der Waals surface area contributed by atoms with Crippen molar-refractivity contribution in [2.24, 2.45) is 0 Å². The molecule has 0 bridgehead atoms. The maximum absolute atomic E-state index is 11.3. The third-order valence-corrected chi connectivity index (χ3v) is 2.36. The average molecular weight is 201 g/mol. The van der Waals surface area contributed by atoms with Gasteiger partial charge in [0.15, 0.2) is 0 Å². The van der Waals surface area contributed by atoms with Crippen LogP contribution in [-0.2, 0) is 16.1 Å². The molecular formula is C12H11NO2. The summed E-state index contributed by atoms with van der Waals surface area (Å²) in [5, 5.41) is 0. The van der Waals surface area contributed by atoms with Gasteiger partial charge in [-0.2, -0.15) is 0 Å². The predicted octanol–water partition coefficient (Wildman–Crippen LogP) is 1.42. The van der Waals surface area contributed by atoms with E-state index in [-0.39, 0.29) is 11.8 Å². The van der Waals surface area contributed by atoms with Crippen LogP contribution < -0.4 is 0 Å². The lowest BCUT2D eigenvalue weighted by atomic mass is 10.1. The lowest BCUT2D eigenvalue weighted by Crippen LogP contribution is -2.29. The third kappa shape index (κ3) is 1.96. The first kappa shape index (κ1) is 9.65. The normalized spacial score (nSPS) is 15.1. The van der Waals surface area contributed by atoms with E-state index in [1.54, 1.807) is 0 Å². The summed E-state index contributed by atoms with van der Waals surface area (Å²) in [5.41, 5.74) is 2.13. The van der Waals surface area contributed by atoms with Crippen LogP contribution >= 0.6 is 0 Å². The molecule has 15 heavy (non-hydrogen) atoms. The minimum Gasteiger partial charge on any atom is -0.271 e. The van der Waals surface area contributed by atoms with Crippen molar-refractivity contribution < 1.29 is 9.59 Å². The molecule has 1 aromatic rings. The molecule has 0 aromatic heterocycles. The van der Waals surface area contributed by atoms with E-state index in [0.29, 0.717) is 6.54 Å². The molecule has 3 heteroatoms. The van der Waals surface area contributed by atoms with Crippen molar-refractivity contribution in [1.82, 2.24) is 4.90 Å². The van der Waals surface area contributed by atoms with Gasteiger partial charge in [-0.25, -0.2) is 0 Å². The zero-order valence-corrected chi connectivity index (χ0v) is 8.43. The number of carbonyl (C=O) groups is 2. The monoisotopic (exact) mass is 201 g/mol. The molecule has 0 N–H and O–H groups in total. The lowest BCUT2D eigenvalue weighted by molar-refractivity contribution is -0.137. The number of amides is 2. The summed E-state index contributed by atoms with van der Waals surface area (Å²) in [6, 6.07) is 7.78. The molecule has 0 radical (unpaired) electrons. The molecule has 0 atom stereocenters. The van der Waals surface area contributed by atoms with Gasteiger partial charge >= 0.3 is 0 Å². The van der Waals surface area contributed by atoms with E-state index in [2.05, 4.69) is 0 Å². The van der Waals surface area contributed by atoms with Crippen molar-refractivity contribution in [3.63, 3.8) is 0 Å². The molecule has 1 heterocycles. The Morgan fingerprint density at radius 3 is 2.07 bits per heavy atom. The van der Waals surface area contributed by atoms with Crippen LogP contribution in [-0.4, -0.2) is 16.7 Å². The third-order valence-electron chi connectivity index (χ3n) is 2.36. The highest BCUT2D eigenvalue weighted by Gasteiger charge is 2.22. The van der Waals surface area contributed by atoms with Crippen molar-refractivity contribution in [3.05, 3.63) is 47.5 Å². The average Bonchev–Trinajstić information content (AvgIpc) is 2.53. The van der Waals surface area contributed by atoms with Crippen LogP contribution in [0.1, 0.15) is 11.1 Å². The van der Waals surface area contributed by atoms with Gasteiger partial charge in [0.2, 0.25) is 0 Å². The van der Waals surface area contributed by atoms with Crippen LogP contribution in [0.4, 0.5) is 0 Å². The summed E-state index contributed by atoms with van der Waals surface area (Å²) in [6.45, 7) is 2.35. The number of nitrogens with zero attached hydrogens (tertiary/aromatic N) is 1. The smallest absolute Gasteiger partial charge is 0.253 e. The topological polar surface area (TPSA) is 37.4 Å². The Balaban J connectivity index is 2.12.